The van der Waals surface area contributed by atoms with E-state index in [1.54, 1.807) is 66.7 Å². The molecule has 0 aliphatic rings. The van der Waals surface area contributed by atoms with Crippen LogP contribution < -0.4 is 4.65 Å². The van der Waals surface area contributed by atoms with Crippen LogP contribution in [0, 0.1) is 0 Å². The molecule has 1 N–H and O–H groups in total. The van der Waals surface area contributed by atoms with Crippen molar-refractivity contribution in [2.75, 3.05) is 14.2 Å². The van der Waals surface area contributed by atoms with E-state index in [0.29, 0.717) is 46.5 Å². The van der Waals surface area contributed by atoms with E-state index in [1.165, 1.54) is 34.1 Å². The minimum Gasteiger partial charge on any atom is -0.537 e. The van der Waals surface area contributed by atoms with Gasteiger partial charge in [-0.3, -0.25) is 9.59 Å². The number of carbonyl (C=O) groups excluding carboxylic acids is 4. The summed E-state index contributed by atoms with van der Waals surface area (Å²) in [6.45, 7) is 2.90. The van der Waals surface area contributed by atoms with Crippen LogP contribution in [0.4, 0.5) is 0 Å². The standard InChI is InChI=1S/C14H12O4.C8H8BO4.C6H5BrO2/c1-9(15)12-6-7-13(18-12)10-4-3-5-11(8-10)14(16)17-2;1-12-8(10)6-3-2-4-7(5-6)13-9-11;1-4(8)5-2-3-6(7)9-5/h3-8H,1-2H3;2-5,11H,1H3;2-3H,1H3. The van der Waals surface area contributed by atoms with Crippen LogP contribution in [0.2, 0.25) is 0 Å². The molecular weight excluding hydrogens is 587 g/mol. The van der Waals surface area contributed by atoms with Gasteiger partial charge >= 0.3 is 19.6 Å². The van der Waals surface area contributed by atoms with Crippen LogP contribution in [-0.2, 0) is 9.47 Å². The molecule has 0 aliphatic carbocycles. The van der Waals surface area contributed by atoms with Crippen molar-refractivity contribution in [3.8, 4) is 17.1 Å². The number of carbonyl (C=O) groups is 4. The Bertz CT molecular complexity index is 1460. The fraction of sp³-hybridized carbons (Fsp3) is 0.143. The molecule has 0 saturated heterocycles. The molecule has 4 aromatic rings. The Morgan fingerprint density at radius 1 is 0.750 bits per heavy atom. The summed E-state index contributed by atoms with van der Waals surface area (Å²) in [7, 11) is 3.18. The van der Waals surface area contributed by atoms with Crippen LogP contribution >= 0.6 is 15.9 Å². The van der Waals surface area contributed by atoms with E-state index < -0.39 is 11.9 Å². The Kier molecular flexibility index (Phi) is 12.6. The molecule has 4 rings (SSSR count). The van der Waals surface area contributed by atoms with Crippen molar-refractivity contribution in [3.05, 3.63) is 100 Å². The second kappa shape index (κ2) is 15.9. The molecule has 0 amide bonds. The van der Waals surface area contributed by atoms with Crippen molar-refractivity contribution >= 4 is 47.1 Å². The second-order valence-electron chi connectivity index (χ2n) is 7.70. The van der Waals surface area contributed by atoms with Gasteiger partial charge in [0.25, 0.3) is 0 Å². The molecule has 10 nitrogen and oxygen atoms in total. The Labute approximate surface area is 239 Å². The van der Waals surface area contributed by atoms with Crippen LogP contribution in [0.1, 0.15) is 55.7 Å². The molecule has 207 valence electrons. The lowest BCUT2D eigenvalue weighted by Gasteiger charge is -2.03. The van der Waals surface area contributed by atoms with E-state index in [4.69, 9.17) is 13.9 Å². The quantitative estimate of drug-likeness (QED) is 0.160. The van der Waals surface area contributed by atoms with Crippen LogP contribution in [-0.4, -0.2) is 50.4 Å². The van der Waals surface area contributed by atoms with Gasteiger partial charge in [-0.05, 0) is 70.5 Å². The molecule has 12 heteroatoms. The third kappa shape index (κ3) is 9.72. The number of furan rings is 2. The average Bonchev–Trinajstić information content (AvgIpc) is 3.63. The summed E-state index contributed by atoms with van der Waals surface area (Å²) in [5.41, 5.74) is 1.54. The lowest BCUT2D eigenvalue weighted by Crippen LogP contribution is -2.03. The summed E-state index contributed by atoms with van der Waals surface area (Å²) in [6, 6.07) is 19.8. The zero-order valence-corrected chi connectivity index (χ0v) is 23.6. The lowest BCUT2D eigenvalue weighted by atomic mass is 10.1. The number of halogens is 1. The summed E-state index contributed by atoms with van der Waals surface area (Å²) in [5, 5.41) is 8.34. The normalized spacial score (nSPS) is 9.65. The average molecular weight is 612 g/mol. The smallest absolute Gasteiger partial charge is 0.537 e. The number of benzene rings is 2. The molecule has 0 fully saturated rings. The van der Waals surface area contributed by atoms with Gasteiger partial charge < -0.3 is 28.0 Å². The highest BCUT2D eigenvalue weighted by molar-refractivity contribution is 9.10. The van der Waals surface area contributed by atoms with Crippen molar-refractivity contribution in [2.24, 2.45) is 0 Å². The first-order chi connectivity index (χ1) is 19.1. The number of hydrogen-bond acceptors (Lipinski definition) is 10. The van der Waals surface area contributed by atoms with Crippen LogP contribution in [0.5, 0.6) is 5.75 Å². The molecule has 0 bridgehead atoms. The molecule has 1 radical (unpaired) electrons. The molecule has 0 spiro atoms. The Morgan fingerprint density at radius 2 is 1.30 bits per heavy atom. The molecule has 0 saturated carbocycles. The fourth-order valence-electron chi connectivity index (χ4n) is 2.98. The number of rotatable bonds is 7. The first-order valence-corrected chi connectivity index (χ1v) is 12.3. The van der Waals surface area contributed by atoms with E-state index in [1.807, 2.05) is 0 Å². The van der Waals surface area contributed by atoms with Gasteiger partial charge in [0.05, 0.1) is 25.3 Å². The molecule has 0 aliphatic heterocycles. The van der Waals surface area contributed by atoms with Gasteiger partial charge in [0.2, 0.25) is 0 Å². The molecular formula is C28H25BBrO10. The first kappa shape index (κ1) is 31.8. The van der Waals surface area contributed by atoms with Gasteiger partial charge in [-0.25, -0.2) is 9.59 Å². The summed E-state index contributed by atoms with van der Waals surface area (Å²) < 4.78 is 24.7. The third-order valence-corrected chi connectivity index (χ3v) is 5.31. The van der Waals surface area contributed by atoms with Crippen LogP contribution in [0.25, 0.3) is 11.3 Å². The summed E-state index contributed by atoms with van der Waals surface area (Å²) in [5.74, 6) is 0.580. The molecule has 2 aromatic carbocycles. The van der Waals surface area contributed by atoms with Crippen molar-refractivity contribution < 1.29 is 47.2 Å². The highest BCUT2D eigenvalue weighted by Crippen LogP contribution is 2.23. The Morgan fingerprint density at radius 3 is 1.77 bits per heavy atom. The molecule has 0 atom stereocenters. The predicted octanol–water partition coefficient (Wildman–Crippen LogP) is 5.56. The minimum absolute atomic E-state index is 0.0549. The maximum atomic E-state index is 11.4. The number of methoxy groups -OCH3 is 2. The summed E-state index contributed by atoms with van der Waals surface area (Å²) in [6.07, 6.45) is 0. The van der Waals surface area contributed by atoms with Gasteiger partial charge in [0.15, 0.2) is 27.8 Å². The second-order valence-corrected chi connectivity index (χ2v) is 8.48. The van der Waals surface area contributed by atoms with E-state index in [2.05, 4.69) is 30.1 Å². The fourth-order valence-corrected chi connectivity index (χ4v) is 3.28. The maximum Gasteiger partial charge on any atom is 0.569 e. The van der Waals surface area contributed by atoms with E-state index in [0.717, 1.165) is 5.56 Å². The van der Waals surface area contributed by atoms with Gasteiger partial charge in [-0.2, -0.15) is 0 Å². The van der Waals surface area contributed by atoms with Crippen molar-refractivity contribution in [1.29, 1.82) is 0 Å². The number of esters is 2. The third-order valence-electron chi connectivity index (χ3n) is 4.89. The van der Waals surface area contributed by atoms with E-state index in [9.17, 15) is 19.2 Å². The number of Topliss-reactive ketones (excluding diaryl/α,β-unsaturated/α-hetero) is 2. The molecule has 2 aromatic heterocycles. The Balaban J connectivity index is 0.000000224. The minimum atomic E-state index is -0.441. The number of hydrogen-bond donors (Lipinski definition) is 1. The SMILES string of the molecule is CC(=O)c1ccc(Br)o1.COC(=O)c1cccc(-c2ccc(C(C)=O)o2)c1.COC(=O)c1cccc(O[B]O)c1. The first-order valence-electron chi connectivity index (χ1n) is 11.5. The van der Waals surface area contributed by atoms with Crippen molar-refractivity contribution in [1.82, 2.24) is 0 Å². The zero-order valence-electron chi connectivity index (χ0n) is 22.0. The van der Waals surface area contributed by atoms with Gasteiger partial charge in [-0.15, -0.1) is 0 Å². The maximum absolute atomic E-state index is 11.4. The van der Waals surface area contributed by atoms with Crippen LogP contribution in [0.15, 0.2) is 86.3 Å². The topological polar surface area (TPSA) is 142 Å². The van der Waals surface area contributed by atoms with E-state index in [-0.39, 0.29) is 11.6 Å². The predicted molar refractivity (Wildman–Crippen MR) is 148 cm³/mol. The van der Waals surface area contributed by atoms with Crippen LogP contribution in [0.3, 0.4) is 0 Å². The molecule has 0 unspecified atom stereocenters. The number of ketones is 2. The zero-order chi connectivity index (χ0) is 29.7. The summed E-state index contributed by atoms with van der Waals surface area (Å²) >= 11 is 3.08. The van der Waals surface area contributed by atoms with Crippen molar-refractivity contribution in [3.63, 3.8) is 0 Å². The largest absolute Gasteiger partial charge is 0.569 e. The highest BCUT2D eigenvalue weighted by atomic mass is 79.9. The Hall–Kier alpha value is -4.42. The molecule has 2 heterocycles. The monoisotopic (exact) mass is 611 g/mol. The molecule has 40 heavy (non-hydrogen) atoms. The lowest BCUT2D eigenvalue weighted by molar-refractivity contribution is 0.0592. The summed E-state index contributed by atoms with van der Waals surface area (Å²) in [4.78, 5) is 44.1. The van der Waals surface area contributed by atoms with Crippen molar-refractivity contribution in [2.45, 2.75) is 13.8 Å². The van der Waals surface area contributed by atoms with E-state index >= 15 is 0 Å². The highest BCUT2D eigenvalue weighted by Gasteiger charge is 2.11. The number of ether oxygens (including phenoxy) is 2. The van der Waals surface area contributed by atoms with Gasteiger partial charge in [-0.1, -0.05) is 18.2 Å². The van der Waals surface area contributed by atoms with Gasteiger partial charge in [0.1, 0.15) is 11.5 Å². The van der Waals surface area contributed by atoms with Gasteiger partial charge in [0, 0.05) is 19.4 Å².